The van der Waals surface area contributed by atoms with Gasteiger partial charge in [0.15, 0.2) is 0 Å². The predicted molar refractivity (Wildman–Crippen MR) is 209 cm³/mol. The Labute approximate surface area is 292 Å². The first-order valence-corrected chi connectivity index (χ1v) is 17.7. The van der Waals surface area contributed by atoms with E-state index in [1.807, 2.05) is 0 Å². The van der Waals surface area contributed by atoms with E-state index in [1.165, 1.54) is 28.1 Å². The Morgan fingerprint density at radius 2 is 1.46 bits per heavy atom. The molecule has 0 fully saturated rings. The van der Waals surface area contributed by atoms with Crippen molar-refractivity contribution in [1.29, 1.82) is 0 Å². The van der Waals surface area contributed by atoms with Crippen LogP contribution in [0.1, 0.15) is 30.5 Å². The van der Waals surface area contributed by atoms with E-state index in [0.29, 0.717) is 5.92 Å². The van der Waals surface area contributed by atoms with Gasteiger partial charge in [-0.25, -0.2) is 0 Å². The molecule has 3 aliphatic rings. The van der Waals surface area contributed by atoms with Crippen LogP contribution in [0.3, 0.4) is 0 Å². The van der Waals surface area contributed by atoms with Gasteiger partial charge in [-0.3, -0.25) is 0 Å². The molecule has 0 saturated carbocycles. The highest BCUT2D eigenvalue weighted by atomic mass is 16.3. The van der Waals surface area contributed by atoms with Crippen LogP contribution in [-0.4, -0.2) is 4.57 Å². The monoisotopic (exact) mass is 644 g/mol. The third kappa shape index (κ3) is 4.43. The number of anilines is 2. The van der Waals surface area contributed by atoms with E-state index in [4.69, 9.17) is 4.42 Å². The van der Waals surface area contributed by atoms with Crippen molar-refractivity contribution in [2.45, 2.75) is 19.3 Å². The van der Waals surface area contributed by atoms with Crippen molar-refractivity contribution in [2.24, 2.45) is 11.8 Å². The van der Waals surface area contributed by atoms with Crippen LogP contribution in [0.15, 0.2) is 174 Å². The third-order valence-electron chi connectivity index (χ3n) is 10.8. The Morgan fingerprint density at radius 3 is 2.28 bits per heavy atom. The van der Waals surface area contributed by atoms with Crippen molar-refractivity contribution in [1.82, 2.24) is 4.57 Å². The normalized spacial score (nSPS) is 19.2. The molecule has 3 atom stereocenters. The maximum Gasteiger partial charge on any atom is 0.145 e. The second-order valence-electron chi connectivity index (χ2n) is 13.7. The van der Waals surface area contributed by atoms with Gasteiger partial charge < -0.3 is 13.9 Å². The van der Waals surface area contributed by atoms with Crippen LogP contribution in [0, 0.1) is 11.8 Å². The summed E-state index contributed by atoms with van der Waals surface area (Å²) in [6.45, 7) is 2.34. The van der Waals surface area contributed by atoms with E-state index in [0.717, 1.165) is 56.3 Å². The number of para-hydroxylation sites is 2. The van der Waals surface area contributed by atoms with Gasteiger partial charge >= 0.3 is 0 Å². The highest BCUT2D eigenvalue weighted by molar-refractivity contribution is 6.21. The molecule has 3 nitrogen and oxygen atoms in total. The van der Waals surface area contributed by atoms with Gasteiger partial charge in [0.1, 0.15) is 11.2 Å². The molecule has 3 aliphatic carbocycles. The fraction of sp³-hybridized carbons (Fsp3) is 0.106. The van der Waals surface area contributed by atoms with Crippen molar-refractivity contribution in [3.63, 3.8) is 0 Å². The molecule has 0 bridgehead atoms. The molecule has 3 heteroatoms. The molecule has 0 saturated heterocycles. The lowest BCUT2D eigenvalue weighted by Gasteiger charge is -2.33. The van der Waals surface area contributed by atoms with Crippen LogP contribution in [0.2, 0.25) is 0 Å². The molecule has 2 heterocycles. The lowest BCUT2D eigenvalue weighted by Crippen LogP contribution is -2.23. The van der Waals surface area contributed by atoms with Crippen LogP contribution < -0.4 is 4.90 Å². The summed E-state index contributed by atoms with van der Waals surface area (Å²) in [6, 6.07) is 41.5. The highest BCUT2D eigenvalue weighted by Gasteiger charge is 2.35. The average Bonchev–Trinajstić information content (AvgIpc) is 3.73. The summed E-state index contributed by atoms with van der Waals surface area (Å²) in [5.74, 6) is 0.811. The first-order chi connectivity index (χ1) is 24.7. The van der Waals surface area contributed by atoms with E-state index in [-0.39, 0.29) is 11.8 Å². The van der Waals surface area contributed by atoms with Gasteiger partial charge in [-0.15, -0.1) is 0 Å². The van der Waals surface area contributed by atoms with Gasteiger partial charge in [-0.05, 0) is 60.0 Å². The maximum atomic E-state index is 6.88. The summed E-state index contributed by atoms with van der Waals surface area (Å²) in [4.78, 5) is 2.51. The molecule has 0 aliphatic heterocycles. The van der Waals surface area contributed by atoms with Gasteiger partial charge in [0.05, 0.1) is 16.6 Å². The summed E-state index contributed by atoms with van der Waals surface area (Å²) in [6.07, 6.45) is 21.6. The second-order valence-corrected chi connectivity index (χ2v) is 13.7. The number of nitrogens with zero attached hydrogens (tertiary/aromatic N) is 2. The minimum absolute atomic E-state index is 0.189. The van der Waals surface area contributed by atoms with Crippen LogP contribution in [0.25, 0.3) is 55.7 Å². The first kappa shape index (κ1) is 28.9. The van der Waals surface area contributed by atoms with Gasteiger partial charge in [0, 0.05) is 56.9 Å². The zero-order chi connectivity index (χ0) is 33.2. The van der Waals surface area contributed by atoms with Crippen molar-refractivity contribution in [2.75, 3.05) is 4.90 Å². The minimum atomic E-state index is 0.189. The number of rotatable bonds is 5. The summed E-state index contributed by atoms with van der Waals surface area (Å²) in [7, 11) is 0. The summed E-state index contributed by atoms with van der Waals surface area (Å²) >= 11 is 0. The smallest absolute Gasteiger partial charge is 0.145 e. The highest BCUT2D eigenvalue weighted by Crippen LogP contribution is 2.52. The van der Waals surface area contributed by atoms with Crippen LogP contribution >= 0.6 is 0 Å². The fourth-order valence-electron chi connectivity index (χ4n) is 8.37. The average molecular weight is 645 g/mol. The van der Waals surface area contributed by atoms with Gasteiger partial charge in [-0.1, -0.05) is 134 Å². The van der Waals surface area contributed by atoms with Crippen molar-refractivity contribution >= 4 is 50.3 Å². The molecule has 0 spiro atoms. The van der Waals surface area contributed by atoms with Crippen LogP contribution in [0.4, 0.5) is 11.4 Å². The molecular formula is C47H36N2O. The molecule has 10 rings (SSSR count). The third-order valence-corrected chi connectivity index (χ3v) is 10.8. The first-order valence-electron chi connectivity index (χ1n) is 17.7. The quantitative estimate of drug-likeness (QED) is 0.186. The van der Waals surface area contributed by atoms with Gasteiger partial charge in [0.2, 0.25) is 0 Å². The van der Waals surface area contributed by atoms with Crippen molar-refractivity contribution in [3.05, 3.63) is 181 Å². The molecule has 3 unspecified atom stereocenters. The predicted octanol–water partition coefficient (Wildman–Crippen LogP) is 12.7. The van der Waals surface area contributed by atoms with Gasteiger partial charge in [-0.2, -0.15) is 0 Å². The van der Waals surface area contributed by atoms with Crippen LogP contribution in [-0.2, 0) is 0 Å². The molecule has 7 aromatic rings. The lowest BCUT2D eigenvalue weighted by molar-refractivity contribution is 0.660. The largest absolute Gasteiger partial charge is 0.455 e. The summed E-state index contributed by atoms with van der Waals surface area (Å²) in [5, 5.41) is 3.43. The molecule has 50 heavy (non-hydrogen) atoms. The number of benzene rings is 5. The number of hydrogen-bond acceptors (Lipinski definition) is 2. The molecule has 2 aromatic heterocycles. The van der Waals surface area contributed by atoms with E-state index in [2.05, 4.69) is 186 Å². The topological polar surface area (TPSA) is 21.3 Å². The number of allylic oxidation sites excluding steroid dienone is 9. The Balaban J connectivity index is 1.36. The number of furan rings is 1. The standard InChI is InChI=1S/C47H36N2O/c1-31-14-8-12-22-41(31)48(35-18-6-3-7-19-35)42-30-40-38-21-11-13-23-43(38)50-47(40)44-39-29-26-34-17-9-10-20-37(34)45(39)49(46(42)44)36-27-24-33(25-28-36)32-15-4-2-5-16-32/h2-13,15-31,34,37H,14H2,1H3. The lowest BCUT2D eigenvalue weighted by atomic mass is 9.80. The fourth-order valence-corrected chi connectivity index (χ4v) is 8.37. The summed E-state index contributed by atoms with van der Waals surface area (Å²) < 4.78 is 9.43. The second kappa shape index (κ2) is 11.5. The molecule has 0 radical (unpaired) electrons. The van der Waals surface area contributed by atoms with Gasteiger partial charge in [0.25, 0.3) is 0 Å². The number of hydrogen-bond donors (Lipinski definition) is 0. The zero-order valence-corrected chi connectivity index (χ0v) is 27.9. The SMILES string of the molecule is CC1CC=CC=C1N(c1ccccc1)c1cc2c3ccccc3oc2c2c3c(n(-c4ccc(-c5ccccc5)cc4)c12)C1C=CC=CC1C=C3. The van der Waals surface area contributed by atoms with Crippen LogP contribution in [0.5, 0.6) is 0 Å². The van der Waals surface area contributed by atoms with Crippen molar-refractivity contribution < 1.29 is 4.42 Å². The zero-order valence-electron chi connectivity index (χ0n) is 27.9. The Bertz CT molecular complexity index is 2580. The summed E-state index contributed by atoms with van der Waals surface area (Å²) in [5.41, 5.74) is 12.7. The maximum absolute atomic E-state index is 6.88. The number of aromatic nitrogens is 1. The minimum Gasteiger partial charge on any atom is -0.455 e. The Morgan fingerprint density at radius 1 is 0.720 bits per heavy atom. The van der Waals surface area contributed by atoms with E-state index in [9.17, 15) is 0 Å². The Hall–Kier alpha value is -6.06. The van der Waals surface area contributed by atoms with E-state index in [1.54, 1.807) is 0 Å². The number of fused-ring (bicyclic) bond motifs is 9. The van der Waals surface area contributed by atoms with Crippen molar-refractivity contribution in [3.8, 4) is 16.8 Å². The molecular weight excluding hydrogens is 609 g/mol. The Kier molecular flexibility index (Phi) is 6.67. The molecule has 5 aromatic carbocycles. The molecule has 0 amide bonds. The van der Waals surface area contributed by atoms with E-state index >= 15 is 0 Å². The molecule has 240 valence electrons. The van der Waals surface area contributed by atoms with E-state index < -0.39 is 0 Å². The molecule has 0 N–H and O–H groups in total.